The minimum atomic E-state index is 0.539. The SMILES string of the molecule is C[C@@H]1[C@@H](Nc2ccc(-c3ccccc3)cn2)C2CCN1CC2. The lowest BCUT2D eigenvalue weighted by molar-refractivity contribution is 0.0457. The Morgan fingerprint density at radius 3 is 2.41 bits per heavy atom. The fourth-order valence-corrected chi connectivity index (χ4v) is 4.00. The molecule has 1 aromatic heterocycles. The van der Waals surface area contributed by atoms with E-state index < -0.39 is 0 Å². The summed E-state index contributed by atoms with van der Waals surface area (Å²) in [6.07, 6.45) is 4.62. The van der Waals surface area contributed by atoms with Crippen molar-refractivity contribution in [3.8, 4) is 11.1 Å². The molecule has 2 aromatic rings. The predicted octanol–water partition coefficient (Wildman–Crippen LogP) is 3.64. The van der Waals surface area contributed by atoms with E-state index in [2.05, 4.69) is 58.5 Å². The fourth-order valence-electron chi connectivity index (χ4n) is 4.00. The first-order valence-electron chi connectivity index (χ1n) is 8.33. The summed E-state index contributed by atoms with van der Waals surface area (Å²) in [5.74, 6) is 1.81. The molecule has 1 N–H and O–H groups in total. The van der Waals surface area contributed by atoms with Crippen molar-refractivity contribution in [3.63, 3.8) is 0 Å². The zero-order chi connectivity index (χ0) is 14.9. The van der Waals surface area contributed by atoms with Crippen molar-refractivity contribution in [3.05, 3.63) is 48.7 Å². The number of pyridine rings is 1. The molecule has 3 aliphatic heterocycles. The molecule has 0 unspecified atom stereocenters. The van der Waals surface area contributed by atoms with Gasteiger partial charge in [-0.2, -0.15) is 0 Å². The van der Waals surface area contributed by atoms with E-state index in [1.165, 1.54) is 37.1 Å². The molecule has 2 bridgehead atoms. The Kier molecular flexibility index (Phi) is 3.59. The van der Waals surface area contributed by atoms with E-state index in [4.69, 9.17) is 0 Å². The molecule has 114 valence electrons. The number of fused-ring (bicyclic) bond motifs is 3. The second kappa shape index (κ2) is 5.73. The molecule has 0 aliphatic carbocycles. The van der Waals surface area contributed by atoms with Crippen molar-refractivity contribution in [2.45, 2.75) is 31.8 Å². The summed E-state index contributed by atoms with van der Waals surface area (Å²) in [4.78, 5) is 7.24. The number of anilines is 1. The van der Waals surface area contributed by atoms with E-state index in [0.717, 1.165) is 11.7 Å². The zero-order valence-electron chi connectivity index (χ0n) is 13.1. The number of hydrogen-bond donors (Lipinski definition) is 1. The molecule has 0 radical (unpaired) electrons. The number of benzene rings is 1. The third kappa shape index (κ3) is 2.50. The van der Waals surface area contributed by atoms with E-state index in [1.807, 2.05) is 12.3 Å². The first kappa shape index (κ1) is 13.8. The van der Waals surface area contributed by atoms with Gasteiger partial charge in [-0.1, -0.05) is 30.3 Å². The van der Waals surface area contributed by atoms with Gasteiger partial charge in [0, 0.05) is 23.8 Å². The molecular weight excluding hydrogens is 270 g/mol. The Hall–Kier alpha value is -1.87. The standard InChI is InChI=1S/C19H23N3/c1-14-19(16-9-11-22(14)12-10-16)21-18-8-7-17(13-20-18)15-5-3-2-4-6-15/h2-8,13-14,16,19H,9-12H2,1H3,(H,20,21)/t14-,19-/m1/s1. The van der Waals surface area contributed by atoms with Gasteiger partial charge in [-0.3, -0.25) is 4.90 Å². The van der Waals surface area contributed by atoms with Gasteiger partial charge in [0.2, 0.25) is 0 Å². The highest BCUT2D eigenvalue weighted by atomic mass is 15.2. The van der Waals surface area contributed by atoms with E-state index in [-0.39, 0.29) is 0 Å². The molecule has 3 nitrogen and oxygen atoms in total. The van der Waals surface area contributed by atoms with Crippen molar-refractivity contribution in [2.24, 2.45) is 5.92 Å². The minimum absolute atomic E-state index is 0.539. The van der Waals surface area contributed by atoms with Crippen LogP contribution in [0.5, 0.6) is 0 Å². The van der Waals surface area contributed by atoms with Gasteiger partial charge in [0.1, 0.15) is 5.82 Å². The number of aromatic nitrogens is 1. The van der Waals surface area contributed by atoms with Crippen molar-refractivity contribution in [2.75, 3.05) is 18.4 Å². The number of piperidine rings is 3. The number of nitrogens with zero attached hydrogens (tertiary/aromatic N) is 2. The summed E-state index contributed by atoms with van der Waals surface area (Å²) in [5, 5.41) is 3.69. The summed E-state index contributed by atoms with van der Waals surface area (Å²) in [5.41, 5.74) is 2.39. The molecule has 0 spiro atoms. The van der Waals surface area contributed by atoms with Crippen molar-refractivity contribution in [1.82, 2.24) is 9.88 Å². The summed E-state index contributed by atoms with van der Waals surface area (Å²) in [6, 6.07) is 15.9. The maximum Gasteiger partial charge on any atom is 0.126 e. The molecule has 0 amide bonds. The maximum atomic E-state index is 4.64. The van der Waals surface area contributed by atoms with Crippen LogP contribution in [0.2, 0.25) is 0 Å². The molecule has 2 atom stereocenters. The summed E-state index contributed by atoms with van der Waals surface area (Å²) < 4.78 is 0. The van der Waals surface area contributed by atoms with E-state index >= 15 is 0 Å². The van der Waals surface area contributed by atoms with Gasteiger partial charge < -0.3 is 5.32 Å². The Balaban J connectivity index is 1.50. The molecule has 22 heavy (non-hydrogen) atoms. The molecule has 3 aliphatic rings. The fraction of sp³-hybridized carbons (Fsp3) is 0.421. The van der Waals surface area contributed by atoms with Gasteiger partial charge in [0.25, 0.3) is 0 Å². The Morgan fingerprint density at radius 1 is 1.00 bits per heavy atom. The van der Waals surface area contributed by atoms with E-state index in [1.54, 1.807) is 0 Å². The lowest BCUT2D eigenvalue weighted by Crippen LogP contribution is -2.59. The minimum Gasteiger partial charge on any atom is -0.365 e. The van der Waals surface area contributed by atoms with E-state index in [0.29, 0.717) is 12.1 Å². The number of hydrogen-bond acceptors (Lipinski definition) is 3. The smallest absolute Gasteiger partial charge is 0.126 e. The van der Waals surface area contributed by atoms with Crippen LogP contribution in [-0.4, -0.2) is 35.1 Å². The summed E-state index contributed by atoms with van der Waals surface area (Å²) >= 11 is 0. The van der Waals surface area contributed by atoms with Crippen LogP contribution in [0, 0.1) is 5.92 Å². The lowest BCUT2D eigenvalue weighted by Gasteiger charge is -2.50. The molecule has 5 rings (SSSR count). The second-order valence-electron chi connectivity index (χ2n) is 6.58. The average Bonchev–Trinajstić information content (AvgIpc) is 2.60. The van der Waals surface area contributed by atoms with Crippen LogP contribution in [-0.2, 0) is 0 Å². The van der Waals surface area contributed by atoms with Gasteiger partial charge in [-0.05, 0) is 56.5 Å². The van der Waals surface area contributed by atoms with Gasteiger partial charge in [-0.25, -0.2) is 4.98 Å². The molecular formula is C19H23N3. The molecule has 0 saturated carbocycles. The maximum absolute atomic E-state index is 4.64. The first-order valence-corrected chi connectivity index (χ1v) is 8.33. The lowest BCUT2D eigenvalue weighted by atomic mass is 9.79. The molecule has 3 saturated heterocycles. The Morgan fingerprint density at radius 2 is 1.77 bits per heavy atom. The quantitative estimate of drug-likeness (QED) is 0.936. The van der Waals surface area contributed by atoms with Crippen LogP contribution >= 0.6 is 0 Å². The number of rotatable bonds is 3. The Bertz CT molecular complexity index is 613. The monoisotopic (exact) mass is 293 g/mol. The topological polar surface area (TPSA) is 28.2 Å². The molecule has 3 fully saturated rings. The molecule has 1 aromatic carbocycles. The first-order chi connectivity index (χ1) is 10.8. The largest absolute Gasteiger partial charge is 0.365 e. The molecule has 3 heteroatoms. The van der Waals surface area contributed by atoms with Crippen LogP contribution in [0.15, 0.2) is 48.7 Å². The van der Waals surface area contributed by atoms with E-state index in [9.17, 15) is 0 Å². The van der Waals surface area contributed by atoms with Crippen LogP contribution in [0.25, 0.3) is 11.1 Å². The Labute approximate surface area is 132 Å². The van der Waals surface area contributed by atoms with Crippen LogP contribution in [0.3, 0.4) is 0 Å². The van der Waals surface area contributed by atoms with Gasteiger partial charge in [0.05, 0.1) is 0 Å². The van der Waals surface area contributed by atoms with Gasteiger partial charge >= 0.3 is 0 Å². The predicted molar refractivity (Wildman–Crippen MR) is 90.8 cm³/mol. The van der Waals surface area contributed by atoms with Gasteiger partial charge in [0.15, 0.2) is 0 Å². The highest BCUT2D eigenvalue weighted by Gasteiger charge is 2.39. The number of nitrogens with one attached hydrogen (secondary N) is 1. The highest BCUT2D eigenvalue weighted by molar-refractivity contribution is 5.63. The van der Waals surface area contributed by atoms with Crippen molar-refractivity contribution >= 4 is 5.82 Å². The van der Waals surface area contributed by atoms with Crippen LogP contribution < -0.4 is 5.32 Å². The highest BCUT2D eigenvalue weighted by Crippen LogP contribution is 2.33. The third-order valence-electron chi connectivity index (χ3n) is 5.36. The third-order valence-corrected chi connectivity index (χ3v) is 5.36. The zero-order valence-corrected chi connectivity index (χ0v) is 13.1. The normalized spacial score (nSPS) is 30.2. The van der Waals surface area contributed by atoms with Crippen molar-refractivity contribution in [1.29, 1.82) is 0 Å². The summed E-state index contributed by atoms with van der Waals surface area (Å²) in [6.45, 7) is 4.89. The summed E-state index contributed by atoms with van der Waals surface area (Å²) in [7, 11) is 0. The second-order valence-corrected chi connectivity index (χ2v) is 6.58. The average molecular weight is 293 g/mol. The molecule has 4 heterocycles. The van der Waals surface area contributed by atoms with Crippen LogP contribution in [0.4, 0.5) is 5.82 Å². The van der Waals surface area contributed by atoms with Gasteiger partial charge in [-0.15, -0.1) is 0 Å². The van der Waals surface area contributed by atoms with Crippen molar-refractivity contribution < 1.29 is 0 Å². The van der Waals surface area contributed by atoms with Crippen LogP contribution in [0.1, 0.15) is 19.8 Å².